The van der Waals surface area contributed by atoms with E-state index in [9.17, 15) is 9.18 Å². The molecule has 1 unspecified atom stereocenters. The molecule has 0 aliphatic carbocycles. The summed E-state index contributed by atoms with van der Waals surface area (Å²) in [5.74, 6) is -1.15. The van der Waals surface area contributed by atoms with Crippen molar-refractivity contribution in [2.75, 3.05) is 5.32 Å². The van der Waals surface area contributed by atoms with Gasteiger partial charge in [0.2, 0.25) is 5.91 Å². The number of nitrogens with one attached hydrogen (secondary N) is 1. The number of halogens is 2. The van der Waals surface area contributed by atoms with Crippen molar-refractivity contribution in [2.45, 2.75) is 19.3 Å². The standard InChI is InChI=1S/C16H15ClFNO/c1-2-12(11-7-4-3-5-8-11)16(20)19-14-10-6-9-13(17)15(14)18/h3-10,12H,2H2,1H3,(H,19,20). The monoisotopic (exact) mass is 291 g/mol. The first-order chi connectivity index (χ1) is 9.63. The Morgan fingerprint density at radius 3 is 2.55 bits per heavy atom. The van der Waals surface area contributed by atoms with Crippen molar-refractivity contribution in [3.8, 4) is 0 Å². The van der Waals surface area contributed by atoms with Gasteiger partial charge in [0.05, 0.1) is 16.6 Å². The summed E-state index contributed by atoms with van der Waals surface area (Å²) < 4.78 is 13.8. The largest absolute Gasteiger partial charge is 0.323 e. The molecule has 0 spiro atoms. The van der Waals surface area contributed by atoms with Crippen LogP contribution in [-0.2, 0) is 4.79 Å². The molecule has 0 heterocycles. The van der Waals surface area contributed by atoms with Crippen LogP contribution in [0.2, 0.25) is 5.02 Å². The molecule has 0 aromatic heterocycles. The van der Waals surface area contributed by atoms with Crippen molar-refractivity contribution in [1.29, 1.82) is 0 Å². The summed E-state index contributed by atoms with van der Waals surface area (Å²) >= 11 is 5.70. The van der Waals surface area contributed by atoms with Crippen LogP contribution < -0.4 is 5.32 Å². The lowest BCUT2D eigenvalue weighted by atomic mass is 9.95. The number of hydrogen-bond acceptors (Lipinski definition) is 1. The van der Waals surface area contributed by atoms with Crippen LogP contribution in [0.5, 0.6) is 0 Å². The summed E-state index contributed by atoms with van der Waals surface area (Å²) in [5.41, 5.74) is 1.02. The normalized spacial score (nSPS) is 11.9. The second-order valence-corrected chi connectivity index (χ2v) is 4.87. The predicted molar refractivity (Wildman–Crippen MR) is 79.5 cm³/mol. The van der Waals surface area contributed by atoms with Crippen LogP contribution in [0, 0.1) is 5.82 Å². The molecule has 0 radical (unpaired) electrons. The molecular weight excluding hydrogens is 277 g/mol. The highest BCUT2D eigenvalue weighted by Gasteiger charge is 2.20. The Balaban J connectivity index is 2.20. The van der Waals surface area contributed by atoms with E-state index in [2.05, 4.69) is 5.32 Å². The third-order valence-corrected chi connectivity index (χ3v) is 3.43. The maximum Gasteiger partial charge on any atom is 0.231 e. The Morgan fingerprint density at radius 2 is 1.90 bits per heavy atom. The van der Waals surface area contributed by atoms with Gasteiger partial charge in [-0.15, -0.1) is 0 Å². The van der Waals surface area contributed by atoms with Gasteiger partial charge in [-0.25, -0.2) is 4.39 Å². The van der Waals surface area contributed by atoms with Crippen LogP contribution in [0.15, 0.2) is 48.5 Å². The molecule has 0 saturated carbocycles. The van der Waals surface area contributed by atoms with Gasteiger partial charge in [-0.1, -0.05) is 54.9 Å². The average Bonchev–Trinajstić information content (AvgIpc) is 2.46. The topological polar surface area (TPSA) is 29.1 Å². The first kappa shape index (κ1) is 14.5. The average molecular weight is 292 g/mol. The SMILES string of the molecule is CCC(C(=O)Nc1cccc(Cl)c1F)c1ccccc1. The molecule has 0 saturated heterocycles. The van der Waals surface area contributed by atoms with E-state index in [-0.39, 0.29) is 22.5 Å². The van der Waals surface area contributed by atoms with E-state index >= 15 is 0 Å². The zero-order valence-corrected chi connectivity index (χ0v) is 11.8. The smallest absolute Gasteiger partial charge is 0.231 e. The number of rotatable bonds is 4. The molecule has 0 aliphatic rings. The van der Waals surface area contributed by atoms with Crippen molar-refractivity contribution in [3.63, 3.8) is 0 Å². The van der Waals surface area contributed by atoms with E-state index in [4.69, 9.17) is 11.6 Å². The molecule has 1 N–H and O–H groups in total. The highest BCUT2D eigenvalue weighted by molar-refractivity contribution is 6.31. The van der Waals surface area contributed by atoms with Crippen molar-refractivity contribution < 1.29 is 9.18 Å². The minimum atomic E-state index is -0.606. The summed E-state index contributed by atoms with van der Waals surface area (Å²) in [6, 6.07) is 14.0. The lowest BCUT2D eigenvalue weighted by Gasteiger charge is -2.16. The molecule has 1 amide bonds. The molecule has 0 aliphatic heterocycles. The van der Waals surface area contributed by atoms with Crippen LogP contribution >= 0.6 is 11.6 Å². The van der Waals surface area contributed by atoms with Gasteiger partial charge in [0, 0.05) is 0 Å². The van der Waals surface area contributed by atoms with Crippen LogP contribution in [0.1, 0.15) is 24.8 Å². The first-order valence-electron chi connectivity index (χ1n) is 6.43. The van der Waals surface area contributed by atoms with Crippen LogP contribution in [0.25, 0.3) is 0 Å². The second kappa shape index (κ2) is 6.53. The summed E-state index contributed by atoms with van der Waals surface area (Å²) in [4.78, 5) is 12.3. The lowest BCUT2D eigenvalue weighted by molar-refractivity contribution is -0.117. The number of hydrogen-bond donors (Lipinski definition) is 1. The molecular formula is C16H15ClFNO. The molecule has 1 atom stereocenters. The second-order valence-electron chi connectivity index (χ2n) is 4.46. The number of anilines is 1. The van der Waals surface area contributed by atoms with E-state index in [0.29, 0.717) is 6.42 Å². The fourth-order valence-electron chi connectivity index (χ4n) is 2.08. The Bertz CT molecular complexity index is 601. The van der Waals surface area contributed by atoms with E-state index in [0.717, 1.165) is 5.56 Å². The number of carbonyl (C=O) groups excluding carboxylic acids is 1. The van der Waals surface area contributed by atoms with Gasteiger partial charge in [-0.2, -0.15) is 0 Å². The molecule has 0 fully saturated rings. The van der Waals surface area contributed by atoms with Crippen molar-refractivity contribution >= 4 is 23.2 Å². The predicted octanol–water partition coefficient (Wildman–Crippen LogP) is 4.61. The van der Waals surface area contributed by atoms with Gasteiger partial charge in [-0.3, -0.25) is 4.79 Å². The molecule has 20 heavy (non-hydrogen) atoms. The van der Waals surface area contributed by atoms with Gasteiger partial charge in [0.15, 0.2) is 5.82 Å². The molecule has 2 nitrogen and oxygen atoms in total. The van der Waals surface area contributed by atoms with Gasteiger partial charge < -0.3 is 5.32 Å². The van der Waals surface area contributed by atoms with E-state index in [1.165, 1.54) is 12.1 Å². The Labute approximate surface area is 122 Å². The maximum atomic E-state index is 13.8. The van der Waals surface area contributed by atoms with Crippen LogP contribution in [-0.4, -0.2) is 5.91 Å². The first-order valence-corrected chi connectivity index (χ1v) is 6.81. The van der Waals surface area contributed by atoms with Crippen molar-refractivity contribution in [3.05, 3.63) is 64.9 Å². The number of amides is 1. The maximum absolute atomic E-state index is 13.8. The fourth-order valence-corrected chi connectivity index (χ4v) is 2.25. The van der Waals surface area contributed by atoms with Crippen molar-refractivity contribution in [1.82, 2.24) is 0 Å². The molecule has 4 heteroatoms. The zero-order chi connectivity index (χ0) is 14.5. The van der Waals surface area contributed by atoms with Crippen molar-refractivity contribution in [2.24, 2.45) is 0 Å². The number of benzene rings is 2. The summed E-state index contributed by atoms with van der Waals surface area (Å²) in [6.07, 6.45) is 0.637. The van der Waals surface area contributed by atoms with E-state index in [1.54, 1.807) is 6.07 Å². The summed E-state index contributed by atoms with van der Waals surface area (Å²) in [5, 5.41) is 2.60. The van der Waals surface area contributed by atoms with Crippen LogP contribution in [0.3, 0.4) is 0 Å². The highest BCUT2D eigenvalue weighted by Crippen LogP contribution is 2.25. The third-order valence-electron chi connectivity index (χ3n) is 3.14. The number of carbonyl (C=O) groups is 1. The Morgan fingerprint density at radius 1 is 1.20 bits per heavy atom. The fraction of sp³-hybridized carbons (Fsp3) is 0.188. The lowest BCUT2D eigenvalue weighted by Crippen LogP contribution is -2.21. The zero-order valence-electron chi connectivity index (χ0n) is 11.1. The van der Waals surface area contributed by atoms with Gasteiger partial charge in [-0.05, 0) is 24.1 Å². The third kappa shape index (κ3) is 3.17. The Kier molecular flexibility index (Phi) is 4.74. The minimum Gasteiger partial charge on any atom is -0.323 e. The van der Waals surface area contributed by atoms with Crippen LogP contribution in [0.4, 0.5) is 10.1 Å². The molecule has 2 aromatic carbocycles. The quantitative estimate of drug-likeness (QED) is 0.875. The van der Waals surface area contributed by atoms with E-state index < -0.39 is 5.82 Å². The minimum absolute atomic E-state index is 0.00411. The van der Waals surface area contributed by atoms with Gasteiger partial charge >= 0.3 is 0 Å². The van der Waals surface area contributed by atoms with E-state index in [1.807, 2.05) is 37.3 Å². The summed E-state index contributed by atoms with van der Waals surface area (Å²) in [6.45, 7) is 1.92. The molecule has 2 rings (SSSR count). The van der Waals surface area contributed by atoms with Gasteiger partial charge in [0.25, 0.3) is 0 Å². The molecule has 104 valence electrons. The highest BCUT2D eigenvalue weighted by atomic mass is 35.5. The summed E-state index contributed by atoms with van der Waals surface area (Å²) in [7, 11) is 0. The molecule has 0 bridgehead atoms. The van der Waals surface area contributed by atoms with Gasteiger partial charge in [0.1, 0.15) is 0 Å². The Hall–Kier alpha value is -1.87. The molecule has 2 aromatic rings.